The molecular weight excluding hydrogens is 199 g/mol. The molecule has 0 aromatic heterocycles. The normalized spacial score (nSPS) is 22.4. The van der Waals surface area contributed by atoms with Crippen LogP contribution in [0.25, 0.3) is 0 Å². The van der Waals surface area contributed by atoms with E-state index in [0.29, 0.717) is 19.3 Å². The summed E-state index contributed by atoms with van der Waals surface area (Å²) in [6.07, 6.45) is -3.42. The maximum atomic E-state index is 12.6. The van der Waals surface area contributed by atoms with Gasteiger partial charge in [-0.05, 0) is 18.8 Å². The van der Waals surface area contributed by atoms with Crippen LogP contribution >= 0.6 is 0 Å². The van der Waals surface area contributed by atoms with Crippen LogP contribution in [0.1, 0.15) is 19.3 Å². The molecule has 2 N–H and O–H groups in total. The first-order valence-electron chi connectivity index (χ1n) is 4.28. The van der Waals surface area contributed by atoms with Crippen molar-refractivity contribution in [2.24, 2.45) is 11.7 Å². The molecule has 0 heterocycles. The lowest BCUT2D eigenvalue weighted by Crippen LogP contribution is -2.66. The third-order valence-electron chi connectivity index (χ3n) is 2.74. The fourth-order valence-corrected chi connectivity index (χ4v) is 1.55. The summed E-state index contributed by atoms with van der Waals surface area (Å²) in [5.41, 5.74) is 2.32. The Morgan fingerprint density at radius 1 is 1.43 bits per heavy atom. The van der Waals surface area contributed by atoms with Crippen molar-refractivity contribution in [2.75, 3.05) is 7.11 Å². The lowest BCUT2D eigenvalue weighted by atomic mass is 9.70. The average molecular weight is 211 g/mol. The van der Waals surface area contributed by atoms with Crippen LogP contribution in [0.4, 0.5) is 13.2 Å². The zero-order valence-corrected chi connectivity index (χ0v) is 7.73. The number of rotatable bonds is 2. The van der Waals surface area contributed by atoms with Crippen molar-refractivity contribution < 1.29 is 22.7 Å². The molecule has 0 aromatic carbocycles. The highest BCUT2D eigenvalue weighted by molar-refractivity contribution is 5.82. The number of hydrogen-bond acceptors (Lipinski definition) is 3. The Labute approximate surface area is 79.4 Å². The first kappa shape index (κ1) is 11.3. The molecule has 0 bridgehead atoms. The molecule has 0 aliphatic heterocycles. The van der Waals surface area contributed by atoms with E-state index >= 15 is 0 Å². The minimum atomic E-state index is -4.74. The molecule has 6 heteroatoms. The second kappa shape index (κ2) is 3.42. The van der Waals surface area contributed by atoms with Gasteiger partial charge in [-0.3, -0.25) is 0 Å². The highest BCUT2D eigenvalue weighted by Gasteiger charge is 2.64. The molecule has 1 saturated carbocycles. The lowest BCUT2D eigenvalue weighted by molar-refractivity contribution is -0.220. The molecule has 1 atom stereocenters. The minimum Gasteiger partial charge on any atom is -0.467 e. The fraction of sp³-hybridized carbons (Fsp3) is 0.875. The Bertz CT molecular complexity index is 237. The van der Waals surface area contributed by atoms with Crippen LogP contribution in [0.2, 0.25) is 0 Å². The summed E-state index contributed by atoms with van der Waals surface area (Å²) in [5.74, 6) is -2.23. The first-order valence-corrected chi connectivity index (χ1v) is 4.28. The number of nitrogens with two attached hydrogens (primary N) is 1. The molecule has 0 amide bonds. The number of ether oxygens (including phenoxy) is 1. The van der Waals surface area contributed by atoms with E-state index in [-0.39, 0.29) is 0 Å². The van der Waals surface area contributed by atoms with Gasteiger partial charge < -0.3 is 10.5 Å². The quantitative estimate of drug-likeness (QED) is 0.698. The van der Waals surface area contributed by atoms with Crippen molar-refractivity contribution in [3.05, 3.63) is 0 Å². The fourth-order valence-electron chi connectivity index (χ4n) is 1.55. The van der Waals surface area contributed by atoms with Gasteiger partial charge in [0.05, 0.1) is 7.11 Å². The van der Waals surface area contributed by atoms with Gasteiger partial charge >= 0.3 is 12.1 Å². The first-order chi connectivity index (χ1) is 6.34. The van der Waals surface area contributed by atoms with Gasteiger partial charge in [-0.15, -0.1) is 0 Å². The molecule has 1 rings (SSSR count). The largest absolute Gasteiger partial charge is 0.467 e. The van der Waals surface area contributed by atoms with E-state index < -0.39 is 23.6 Å². The molecule has 0 radical (unpaired) electrons. The molecular formula is C8H12F3NO2. The summed E-state index contributed by atoms with van der Waals surface area (Å²) in [6, 6.07) is 0. The van der Waals surface area contributed by atoms with E-state index in [2.05, 4.69) is 4.74 Å². The molecule has 14 heavy (non-hydrogen) atoms. The van der Waals surface area contributed by atoms with Crippen molar-refractivity contribution >= 4 is 5.97 Å². The van der Waals surface area contributed by atoms with Crippen molar-refractivity contribution in [1.29, 1.82) is 0 Å². The average Bonchev–Trinajstić information content (AvgIpc) is 1.97. The monoisotopic (exact) mass is 211 g/mol. The van der Waals surface area contributed by atoms with Crippen LogP contribution in [0.5, 0.6) is 0 Å². The number of halogens is 3. The van der Waals surface area contributed by atoms with Crippen molar-refractivity contribution in [3.8, 4) is 0 Å². The summed E-state index contributed by atoms with van der Waals surface area (Å²) in [5, 5.41) is 0. The molecule has 3 nitrogen and oxygen atoms in total. The summed E-state index contributed by atoms with van der Waals surface area (Å²) < 4.78 is 41.9. The van der Waals surface area contributed by atoms with Crippen LogP contribution in [0.3, 0.4) is 0 Å². The SMILES string of the molecule is COC(=O)C(N)(C1CCC1)C(F)(F)F. The summed E-state index contributed by atoms with van der Waals surface area (Å²) in [4.78, 5) is 11.0. The number of hydrogen-bond donors (Lipinski definition) is 1. The van der Waals surface area contributed by atoms with E-state index in [1.54, 1.807) is 0 Å². The molecule has 0 aromatic rings. The third kappa shape index (κ3) is 1.47. The van der Waals surface area contributed by atoms with Crippen molar-refractivity contribution in [2.45, 2.75) is 31.0 Å². The van der Waals surface area contributed by atoms with E-state index in [1.807, 2.05) is 0 Å². The zero-order valence-electron chi connectivity index (χ0n) is 7.73. The minimum absolute atomic E-state index is 0.325. The van der Waals surface area contributed by atoms with Crippen LogP contribution < -0.4 is 5.73 Å². The van der Waals surface area contributed by atoms with E-state index in [1.165, 1.54) is 0 Å². The Morgan fingerprint density at radius 3 is 2.14 bits per heavy atom. The highest BCUT2D eigenvalue weighted by Crippen LogP contribution is 2.44. The maximum Gasteiger partial charge on any atom is 0.417 e. The second-order valence-electron chi connectivity index (χ2n) is 3.49. The van der Waals surface area contributed by atoms with Crippen LogP contribution in [-0.4, -0.2) is 24.8 Å². The number of esters is 1. The molecule has 1 aliphatic carbocycles. The van der Waals surface area contributed by atoms with Crippen molar-refractivity contribution in [1.82, 2.24) is 0 Å². The van der Waals surface area contributed by atoms with Crippen LogP contribution in [0.15, 0.2) is 0 Å². The number of carbonyl (C=O) groups excluding carboxylic acids is 1. The van der Waals surface area contributed by atoms with Crippen LogP contribution in [-0.2, 0) is 9.53 Å². The zero-order chi connectivity index (χ0) is 11.0. The molecule has 1 unspecified atom stereocenters. The van der Waals surface area contributed by atoms with Gasteiger partial charge in [0.25, 0.3) is 0 Å². The molecule has 1 aliphatic rings. The van der Waals surface area contributed by atoms with Gasteiger partial charge in [0.2, 0.25) is 5.54 Å². The summed E-state index contributed by atoms with van der Waals surface area (Å²) >= 11 is 0. The van der Waals surface area contributed by atoms with Gasteiger partial charge in [0.15, 0.2) is 0 Å². The van der Waals surface area contributed by atoms with Gasteiger partial charge in [-0.25, -0.2) is 4.79 Å². The molecule has 1 fully saturated rings. The molecule has 0 saturated heterocycles. The summed E-state index contributed by atoms with van der Waals surface area (Å²) in [6.45, 7) is 0. The molecule has 82 valence electrons. The van der Waals surface area contributed by atoms with Crippen molar-refractivity contribution in [3.63, 3.8) is 0 Å². The number of alkyl halides is 3. The Kier molecular flexibility index (Phi) is 2.76. The highest BCUT2D eigenvalue weighted by atomic mass is 19.4. The predicted molar refractivity (Wildman–Crippen MR) is 42.3 cm³/mol. The smallest absolute Gasteiger partial charge is 0.417 e. The van der Waals surface area contributed by atoms with Gasteiger partial charge in [0.1, 0.15) is 0 Å². The number of carbonyl (C=O) groups is 1. The predicted octanol–water partition coefficient (Wildman–Crippen LogP) is 1.22. The summed E-state index contributed by atoms with van der Waals surface area (Å²) in [7, 11) is 0.911. The van der Waals surface area contributed by atoms with Gasteiger partial charge in [-0.2, -0.15) is 13.2 Å². The van der Waals surface area contributed by atoms with E-state index in [0.717, 1.165) is 7.11 Å². The number of methoxy groups -OCH3 is 1. The topological polar surface area (TPSA) is 52.3 Å². The van der Waals surface area contributed by atoms with Crippen LogP contribution in [0, 0.1) is 5.92 Å². The van der Waals surface area contributed by atoms with E-state index in [4.69, 9.17) is 5.73 Å². The molecule has 0 spiro atoms. The standard InChI is InChI=1S/C8H12F3NO2/c1-14-6(13)7(12,8(9,10)11)5-3-2-4-5/h5H,2-4,12H2,1H3. The van der Waals surface area contributed by atoms with E-state index in [9.17, 15) is 18.0 Å². The maximum absolute atomic E-state index is 12.6. The second-order valence-corrected chi connectivity index (χ2v) is 3.49. The Morgan fingerprint density at radius 2 is 1.93 bits per heavy atom. The lowest BCUT2D eigenvalue weighted by Gasteiger charge is -2.40. The Hall–Kier alpha value is -0.780. The Balaban J connectivity index is 2.94. The van der Waals surface area contributed by atoms with Gasteiger partial charge in [0, 0.05) is 0 Å². The third-order valence-corrected chi connectivity index (χ3v) is 2.74. The van der Waals surface area contributed by atoms with Gasteiger partial charge in [-0.1, -0.05) is 6.42 Å².